The molecule has 0 radical (unpaired) electrons. The van der Waals surface area contributed by atoms with E-state index in [1.54, 1.807) is 18.0 Å². The average molecular weight is 463 g/mol. The molecule has 0 saturated heterocycles. The van der Waals surface area contributed by atoms with Crippen LogP contribution >= 0.6 is 0 Å². The Balaban J connectivity index is 1.60. The van der Waals surface area contributed by atoms with Gasteiger partial charge in [0.2, 0.25) is 0 Å². The Bertz CT molecular complexity index is 1030. The van der Waals surface area contributed by atoms with Crippen LogP contribution in [0, 0.1) is 11.7 Å². The molecule has 1 aliphatic carbocycles. The number of halogens is 3. The van der Waals surface area contributed by atoms with Gasteiger partial charge in [-0.3, -0.25) is 9.79 Å². The fourth-order valence-electron chi connectivity index (χ4n) is 4.65. The number of hydrazone groups is 1. The molecule has 0 spiro atoms. The molecule has 178 valence electrons. The predicted octanol–water partition coefficient (Wildman–Crippen LogP) is 4.28. The number of aliphatic hydroxyl groups is 1. The third-order valence-electron chi connectivity index (χ3n) is 6.43. The van der Waals surface area contributed by atoms with Gasteiger partial charge in [0.05, 0.1) is 41.1 Å². The van der Waals surface area contributed by atoms with Crippen molar-refractivity contribution in [3.05, 3.63) is 46.8 Å². The fourth-order valence-corrected chi connectivity index (χ4v) is 4.65. The molecule has 3 aliphatic rings. The van der Waals surface area contributed by atoms with Gasteiger partial charge in [0.1, 0.15) is 5.82 Å². The predicted molar refractivity (Wildman–Crippen MR) is 120 cm³/mol. The van der Waals surface area contributed by atoms with E-state index in [1.165, 1.54) is 12.1 Å². The van der Waals surface area contributed by atoms with Gasteiger partial charge in [0, 0.05) is 11.5 Å². The first-order valence-corrected chi connectivity index (χ1v) is 11.3. The van der Waals surface area contributed by atoms with Crippen LogP contribution < -0.4 is 5.32 Å². The molecule has 0 aromatic heterocycles. The van der Waals surface area contributed by atoms with Crippen LogP contribution in [-0.4, -0.2) is 45.8 Å². The van der Waals surface area contributed by atoms with Crippen molar-refractivity contribution in [3.8, 4) is 0 Å². The zero-order valence-electron chi connectivity index (χ0n) is 19.0. The number of nitrogens with one attached hydrogen (secondary N) is 1. The van der Waals surface area contributed by atoms with Crippen molar-refractivity contribution < 1.29 is 23.1 Å². The number of amides is 1. The van der Waals surface area contributed by atoms with Crippen molar-refractivity contribution in [2.24, 2.45) is 16.0 Å². The number of amidine groups is 1. The molecule has 1 amide bonds. The highest BCUT2D eigenvalue weighted by molar-refractivity contribution is 6.26. The summed E-state index contributed by atoms with van der Waals surface area (Å²) >= 11 is 0. The van der Waals surface area contributed by atoms with E-state index in [4.69, 9.17) is 5.10 Å². The van der Waals surface area contributed by atoms with Crippen molar-refractivity contribution in [1.82, 2.24) is 10.3 Å². The molecule has 4 rings (SSSR count). The minimum absolute atomic E-state index is 0.00161. The Morgan fingerprint density at radius 3 is 2.55 bits per heavy atom. The lowest BCUT2D eigenvalue weighted by molar-refractivity contribution is -0.117. The molecule has 33 heavy (non-hydrogen) atoms. The molecule has 1 aromatic rings. The van der Waals surface area contributed by atoms with Crippen LogP contribution in [-0.2, 0) is 4.79 Å². The van der Waals surface area contributed by atoms with Crippen molar-refractivity contribution in [2.75, 3.05) is 6.54 Å². The minimum atomic E-state index is -2.94. The Morgan fingerprint density at radius 2 is 1.88 bits per heavy atom. The van der Waals surface area contributed by atoms with Gasteiger partial charge in [0.15, 0.2) is 5.84 Å². The third kappa shape index (κ3) is 4.83. The lowest BCUT2D eigenvalue weighted by Crippen LogP contribution is -2.40. The van der Waals surface area contributed by atoms with Crippen LogP contribution in [0.25, 0.3) is 0 Å². The largest absolute Gasteiger partial charge is 0.393 e. The number of aliphatic hydroxyl groups excluding tert-OH is 1. The second-order valence-corrected chi connectivity index (χ2v) is 9.64. The number of carbonyl (C=O) groups excluding carboxylic acids is 1. The van der Waals surface area contributed by atoms with E-state index in [9.17, 15) is 23.1 Å². The highest BCUT2D eigenvalue weighted by atomic mass is 19.3. The number of alkyl halides is 2. The van der Waals surface area contributed by atoms with Crippen LogP contribution in [0.2, 0.25) is 0 Å². The summed E-state index contributed by atoms with van der Waals surface area (Å²) in [4.78, 5) is 18.0. The maximum absolute atomic E-state index is 14.6. The number of aliphatic imine (C=N–C) groups is 1. The van der Waals surface area contributed by atoms with E-state index in [-0.39, 0.29) is 17.6 Å². The lowest BCUT2D eigenvalue weighted by atomic mass is 9.83. The molecule has 2 N–H and O–H groups in total. The van der Waals surface area contributed by atoms with Crippen LogP contribution in [0.15, 0.2) is 39.9 Å². The Labute approximate surface area is 191 Å². The number of hydrogen-bond acceptors (Lipinski definition) is 5. The van der Waals surface area contributed by atoms with Crippen molar-refractivity contribution >= 4 is 17.5 Å². The Hall–Kier alpha value is -2.68. The maximum Gasteiger partial charge on any atom is 0.266 e. The number of rotatable bonds is 5. The smallest absolute Gasteiger partial charge is 0.266 e. The first-order chi connectivity index (χ1) is 15.6. The van der Waals surface area contributed by atoms with Gasteiger partial charge in [-0.05, 0) is 52.5 Å². The summed E-state index contributed by atoms with van der Waals surface area (Å²) in [5.74, 6) is -0.902. The first kappa shape index (κ1) is 23.5. The van der Waals surface area contributed by atoms with E-state index in [0.29, 0.717) is 30.8 Å². The number of carbonyl (C=O) groups is 1. The summed E-state index contributed by atoms with van der Waals surface area (Å²) < 4.78 is 40.8. The van der Waals surface area contributed by atoms with Gasteiger partial charge in [-0.1, -0.05) is 18.2 Å². The molecule has 1 atom stereocenters. The van der Waals surface area contributed by atoms with Gasteiger partial charge in [-0.25, -0.2) is 18.2 Å². The van der Waals surface area contributed by atoms with Crippen LogP contribution in [0.5, 0.6) is 0 Å². The summed E-state index contributed by atoms with van der Waals surface area (Å²) in [6.07, 6.45) is 1.40. The van der Waals surface area contributed by atoms with E-state index in [0.717, 1.165) is 24.6 Å². The molecule has 2 heterocycles. The molecule has 9 heteroatoms. The molecule has 1 saturated carbocycles. The fraction of sp³-hybridized carbons (Fsp3) is 0.542. The number of fused-ring (bicyclic) bond motifs is 1. The number of hydrogen-bond donors (Lipinski definition) is 2. The zero-order valence-corrected chi connectivity index (χ0v) is 19.0. The van der Waals surface area contributed by atoms with E-state index < -0.39 is 35.3 Å². The molecule has 0 bridgehead atoms. The Kier molecular flexibility index (Phi) is 6.35. The number of benzene rings is 1. The molecular weight excluding hydrogens is 433 g/mol. The summed E-state index contributed by atoms with van der Waals surface area (Å²) in [6, 6.07) is 2.96. The molecule has 2 aliphatic heterocycles. The molecule has 6 nitrogen and oxygen atoms in total. The SMILES string of the molecule is C[C@@H](NC(=O)C1=CC(C2CCC(O)CC2)=NN2CC(C)(C)N=C12)c1cccc(C(F)F)c1F. The van der Waals surface area contributed by atoms with E-state index >= 15 is 0 Å². The van der Waals surface area contributed by atoms with E-state index in [2.05, 4.69) is 10.3 Å². The molecule has 1 aromatic carbocycles. The summed E-state index contributed by atoms with van der Waals surface area (Å²) in [5.41, 5.74) is -0.0262. The number of nitrogens with zero attached hydrogens (tertiary/aromatic N) is 3. The highest BCUT2D eigenvalue weighted by Gasteiger charge is 2.39. The highest BCUT2D eigenvalue weighted by Crippen LogP contribution is 2.33. The maximum atomic E-state index is 14.6. The Morgan fingerprint density at radius 1 is 1.21 bits per heavy atom. The second kappa shape index (κ2) is 8.93. The van der Waals surface area contributed by atoms with Gasteiger partial charge in [-0.2, -0.15) is 5.10 Å². The van der Waals surface area contributed by atoms with Crippen LogP contribution in [0.3, 0.4) is 0 Å². The van der Waals surface area contributed by atoms with Gasteiger partial charge < -0.3 is 10.4 Å². The van der Waals surface area contributed by atoms with Crippen LogP contribution in [0.4, 0.5) is 13.2 Å². The average Bonchev–Trinajstić information content (AvgIpc) is 3.07. The van der Waals surface area contributed by atoms with Gasteiger partial charge in [0.25, 0.3) is 12.3 Å². The quantitative estimate of drug-likeness (QED) is 0.686. The topological polar surface area (TPSA) is 77.3 Å². The second-order valence-electron chi connectivity index (χ2n) is 9.64. The van der Waals surface area contributed by atoms with Gasteiger partial charge >= 0.3 is 0 Å². The molecule has 0 unspecified atom stereocenters. The lowest BCUT2D eigenvalue weighted by Gasteiger charge is -2.30. The number of allylic oxidation sites excluding steroid dienone is 1. The summed E-state index contributed by atoms with van der Waals surface area (Å²) in [7, 11) is 0. The minimum Gasteiger partial charge on any atom is -0.393 e. The third-order valence-corrected chi connectivity index (χ3v) is 6.43. The van der Waals surface area contributed by atoms with Crippen LogP contribution in [0.1, 0.15) is 70.0 Å². The first-order valence-electron chi connectivity index (χ1n) is 11.3. The standard InChI is InChI=1S/C24H29F3N4O2/c1-13(16-5-4-6-17(20(16)25)21(26)27)28-23(33)18-11-19(14-7-9-15(32)10-8-14)30-31-12-24(2,3)29-22(18)31/h4-6,11,13-15,21,32H,7-10,12H2,1-3H3,(H,28,33)/t13-,14?,15?/m1/s1. The van der Waals surface area contributed by atoms with E-state index in [1.807, 2.05) is 13.8 Å². The van der Waals surface area contributed by atoms with Crippen molar-refractivity contribution in [2.45, 2.75) is 70.6 Å². The van der Waals surface area contributed by atoms with Crippen molar-refractivity contribution in [1.29, 1.82) is 0 Å². The van der Waals surface area contributed by atoms with Crippen molar-refractivity contribution in [3.63, 3.8) is 0 Å². The normalized spacial score (nSPS) is 25.2. The van der Waals surface area contributed by atoms with Gasteiger partial charge in [-0.15, -0.1) is 0 Å². The molecule has 1 fully saturated rings. The monoisotopic (exact) mass is 462 g/mol. The summed E-state index contributed by atoms with van der Waals surface area (Å²) in [6.45, 7) is 5.98. The zero-order chi connectivity index (χ0) is 23.9. The summed E-state index contributed by atoms with van der Waals surface area (Å²) in [5, 5.41) is 19.1. The molecular formula is C24H29F3N4O2.